The van der Waals surface area contributed by atoms with Crippen molar-refractivity contribution in [2.45, 2.75) is 58.7 Å². The first-order valence-electron chi connectivity index (χ1n) is 7.96. The molecule has 5 nitrogen and oxygen atoms in total. The maximum absolute atomic E-state index is 12.6. The molecule has 0 aromatic heterocycles. The summed E-state index contributed by atoms with van der Waals surface area (Å²) < 4.78 is 0. The Kier molecular flexibility index (Phi) is 6.76. The van der Waals surface area contributed by atoms with E-state index < -0.39 is 18.1 Å². The van der Waals surface area contributed by atoms with E-state index in [2.05, 4.69) is 10.6 Å². The van der Waals surface area contributed by atoms with E-state index in [1.165, 1.54) is 0 Å². The number of carboxylic acids is 1. The lowest BCUT2D eigenvalue weighted by molar-refractivity contribution is -0.140. The molecule has 0 heterocycles. The average Bonchev–Trinajstić information content (AvgIpc) is 2.41. The highest BCUT2D eigenvalue weighted by Crippen LogP contribution is 2.17. The van der Waals surface area contributed by atoms with E-state index in [4.69, 9.17) is 0 Å². The van der Waals surface area contributed by atoms with Crippen LogP contribution in [0, 0.1) is 5.92 Å². The Labute approximate surface area is 138 Å². The van der Waals surface area contributed by atoms with Gasteiger partial charge in [0.1, 0.15) is 12.1 Å². The number of rotatable bonds is 7. The number of benzene rings is 1. The molecule has 0 saturated carbocycles. The van der Waals surface area contributed by atoms with E-state index in [1.807, 2.05) is 65.0 Å². The summed E-state index contributed by atoms with van der Waals surface area (Å²) in [7, 11) is 0. The van der Waals surface area contributed by atoms with Crippen LogP contribution in [0.4, 0.5) is 0 Å². The van der Waals surface area contributed by atoms with Crippen molar-refractivity contribution in [1.29, 1.82) is 0 Å². The van der Waals surface area contributed by atoms with Crippen molar-refractivity contribution < 1.29 is 14.7 Å². The molecular weight excluding hydrogens is 292 g/mol. The molecular formula is C18H28N2O3. The van der Waals surface area contributed by atoms with E-state index in [9.17, 15) is 14.7 Å². The van der Waals surface area contributed by atoms with E-state index in [0.717, 1.165) is 5.56 Å². The first-order chi connectivity index (χ1) is 10.6. The number of carbonyl (C=O) groups excluding carboxylic acids is 1. The monoisotopic (exact) mass is 320 g/mol. The fourth-order valence-electron chi connectivity index (χ4n) is 2.32. The van der Waals surface area contributed by atoms with Gasteiger partial charge in [0.15, 0.2) is 0 Å². The molecule has 0 spiro atoms. The van der Waals surface area contributed by atoms with Crippen LogP contribution in [-0.2, 0) is 9.59 Å². The molecule has 1 aromatic carbocycles. The average molecular weight is 320 g/mol. The van der Waals surface area contributed by atoms with E-state index in [0.29, 0.717) is 6.42 Å². The lowest BCUT2D eigenvalue weighted by Crippen LogP contribution is -2.50. The second-order valence-corrected chi connectivity index (χ2v) is 7.27. The number of carboxylic acid groups (broad SMARTS) is 1. The van der Waals surface area contributed by atoms with E-state index >= 15 is 0 Å². The number of nitrogens with one attached hydrogen (secondary N) is 2. The molecule has 0 bridgehead atoms. The standard InChI is InChI=1S/C18H28N2O3/c1-12(2)11-14(17(22)23)19-15(13-9-7-6-8-10-13)16(21)20-18(3,4)5/h6-10,12,14-15,19H,11H2,1-5H3,(H,20,21)(H,22,23)/t14-,15-/m1/s1. The van der Waals surface area contributed by atoms with Crippen molar-refractivity contribution in [3.63, 3.8) is 0 Å². The van der Waals surface area contributed by atoms with Gasteiger partial charge in [-0.2, -0.15) is 0 Å². The number of aliphatic carboxylic acids is 1. The topological polar surface area (TPSA) is 78.4 Å². The Bertz CT molecular complexity index is 521. The second kappa shape index (κ2) is 8.11. The molecule has 0 aliphatic heterocycles. The van der Waals surface area contributed by atoms with Crippen molar-refractivity contribution in [3.8, 4) is 0 Å². The summed E-state index contributed by atoms with van der Waals surface area (Å²) >= 11 is 0. The maximum atomic E-state index is 12.6. The lowest BCUT2D eigenvalue weighted by Gasteiger charge is -2.28. The normalized spacial score (nSPS) is 14.3. The van der Waals surface area contributed by atoms with Gasteiger partial charge in [-0.1, -0.05) is 44.2 Å². The molecule has 3 N–H and O–H groups in total. The lowest BCUT2D eigenvalue weighted by atomic mass is 9.99. The van der Waals surface area contributed by atoms with E-state index in [1.54, 1.807) is 0 Å². The predicted octanol–water partition coefficient (Wildman–Crippen LogP) is 2.73. The molecule has 5 heteroatoms. The summed E-state index contributed by atoms with van der Waals surface area (Å²) in [6.07, 6.45) is 0.460. The molecule has 2 atom stereocenters. The largest absolute Gasteiger partial charge is 0.480 e. The summed E-state index contributed by atoms with van der Waals surface area (Å²) in [5.74, 6) is -0.951. The Morgan fingerprint density at radius 1 is 1.13 bits per heavy atom. The van der Waals surface area contributed by atoms with Crippen molar-refractivity contribution in [2.24, 2.45) is 5.92 Å². The Morgan fingerprint density at radius 2 is 1.70 bits per heavy atom. The van der Waals surface area contributed by atoms with Gasteiger partial charge in [-0.3, -0.25) is 14.9 Å². The van der Waals surface area contributed by atoms with Crippen LogP contribution in [0.3, 0.4) is 0 Å². The highest BCUT2D eigenvalue weighted by molar-refractivity contribution is 5.85. The van der Waals surface area contributed by atoms with Gasteiger partial charge in [-0.05, 0) is 38.7 Å². The minimum atomic E-state index is -0.941. The third-order valence-corrected chi connectivity index (χ3v) is 3.27. The Morgan fingerprint density at radius 3 is 2.13 bits per heavy atom. The van der Waals surface area contributed by atoms with Crippen LogP contribution < -0.4 is 10.6 Å². The highest BCUT2D eigenvalue weighted by atomic mass is 16.4. The van der Waals surface area contributed by atoms with Crippen LogP contribution >= 0.6 is 0 Å². The quantitative estimate of drug-likeness (QED) is 0.722. The zero-order chi connectivity index (χ0) is 17.6. The molecule has 0 radical (unpaired) electrons. The number of carbonyl (C=O) groups is 2. The van der Waals surface area contributed by atoms with Crippen LogP contribution in [0.5, 0.6) is 0 Å². The van der Waals surface area contributed by atoms with Crippen LogP contribution in [-0.4, -0.2) is 28.6 Å². The highest BCUT2D eigenvalue weighted by Gasteiger charge is 2.29. The summed E-state index contributed by atoms with van der Waals surface area (Å²) in [5.41, 5.74) is 0.368. The first kappa shape index (κ1) is 19.2. The molecule has 0 unspecified atom stereocenters. The van der Waals surface area contributed by atoms with E-state index in [-0.39, 0.29) is 17.4 Å². The van der Waals surface area contributed by atoms with Gasteiger partial charge in [0.25, 0.3) is 0 Å². The minimum absolute atomic E-state index is 0.214. The van der Waals surface area contributed by atoms with Gasteiger partial charge in [0.05, 0.1) is 0 Å². The maximum Gasteiger partial charge on any atom is 0.320 e. The van der Waals surface area contributed by atoms with Crippen molar-refractivity contribution in [2.75, 3.05) is 0 Å². The van der Waals surface area contributed by atoms with Crippen LogP contribution in [0.15, 0.2) is 30.3 Å². The van der Waals surface area contributed by atoms with Gasteiger partial charge in [-0.25, -0.2) is 0 Å². The number of amides is 1. The van der Waals surface area contributed by atoms with Gasteiger partial charge < -0.3 is 10.4 Å². The molecule has 0 saturated heterocycles. The molecule has 0 fully saturated rings. The van der Waals surface area contributed by atoms with Gasteiger partial charge in [0, 0.05) is 5.54 Å². The van der Waals surface area contributed by atoms with Crippen molar-refractivity contribution in [3.05, 3.63) is 35.9 Å². The fraction of sp³-hybridized carbons (Fsp3) is 0.556. The number of hydrogen-bond acceptors (Lipinski definition) is 3. The summed E-state index contributed by atoms with van der Waals surface area (Å²) in [5, 5.41) is 15.4. The fourth-order valence-corrected chi connectivity index (χ4v) is 2.32. The summed E-state index contributed by atoms with van der Waals surface area (Å²) in [6.45, 7) is 9.62. The third-order valence-electron chi connectivity index (χ3n) is 3.27. The molecule has 128 valence electrons. The molecule has 1 aromatic rings. The predicted molar refractivity (Wildman–Crippen MR) is 91.1 cm³/mol. The molecule has 23 heavy (non-hydrogen) atoms. The summed E-state index contributed by atoms with van der Waals surface area (Å²) in [6, 6.07) is 7.73. The smallest absolute Gasteiger partial charge is 0.320 e. The molecule has 0 aliphatic carbocycles. The van der Waals surface area contributed by atoms with Gasteiger partial charge >= 0.3 is 5.97 Å². The number of hydrogen-bond donors (Lipinski definition) is 3. The van der Waals surface area contributed by atoms with Gasteiger partial charge in [-0.15, -0.1) is 0 Å². The van der Waals surface area contributed by atoms with Crippen molar-refractivity contribution in [1.82, 2.24) is 10.6 Å². The Balaban J connectivity index is 3.04. The third kappa shape index (κ3) is 6.82. The Hall–Kier alpha value is -1.88. The van der Waals surface area contributed by atoms with Gasteiger partial charge in [0.2, 0.25) is 5.91 Å². The minimum Gasteiger partial charge on any atom is -0.480 e. The van der Waals surface area contributed by atoms with Crippen LogP contribution in [0.1, 0.15) is 52.6 Å². The first-order valence-corrected chi connectivity index (χ1v) is 7.96. The van der Waals surface area contributed by atoms with Crippen LogP contribution in [0.25, 0.3) is 0 Å². The second-order valence-electron chi connectivity index (χ2n) is 7.27. The molecule has 1 rings (SSSR count). The molecule has 1 amide bonds. The molecule has 0 aliphatic rings. The van der Waals surface area contributed by atoms with Crippen LogP contribution in [0.2, 0.25) is 0 Å². The summed E-state index contributed by atoms with van der Waals surface area (Å²) in [4.78, 5) is 24.2. The zero-order valence-corrected chi connectivity index (χ0v) is 14.6. The SMILES string of the molecule is CC(C)C[C@@H](N[C@@H](C(=O)NC(C)(C)C)c1ccccc1)C(=O)O. The zero-order valence-electron chi connectivity index (χ0n) is 14.6. The van der Waals surface area contributed by atoms with Crippen molar-refractivity contribution >= 4 is 11.9 Å².